The van der Waals surface area contributed by atoms with Crippen molar-refractivity contribution in [3.8, 4) is 0 Å². The van der Waals surface area contributed by atoms with Crippen LogP contribution >= 0.6 is 0 Å². The van der Waals surface area contributed by atoms with Crippen molar-refractivity contribution in [3.05, 3.63) is 6.33 Å². The Balaban J connectivity index is 2.44. The van der Waals surface area contributed by atoms with Gasteiger partial charge in [0.25, 0.3) is 0 Å². The minimum atomic E-state index is 0.684. The summed E-state index contributed by atoms with van der Waals surface area (Å²) in [5.74, 6) is 2.75. The Morgan fingerprint density at radius 2 is 1.25 bits per heavy atom. The summed E-state index contributed by atoms with van der Waals surface area (Å²) in [6, 6.07) is 0. The maximum absolute atomic E-state index is 4.50. The third-order valence-corrected chi connectivity index (χ3v) is 4.76. The second kappa shape index (κ2) is 13.0. The molecule has 1 aromatic heterocycles. The second-order valence-corrected chi connectivity index (χ2v) is 6.73. The van der Waals surface area contributed by atoms with E-state index in [9.17, 15) is 0 Å². The van der Waals surface area contributed by atoms with Crippen LogP contribution < -0.4 is 10.6 Å². The van der Waals surface area contributed by atoms with Crippen molar-refractivity contribution in [1.82, 2.24) is 15.0 Å². The van der Waals surface area contributed by atoms with Crippen molar-refractivity contribution in [2.45, 2.75) is 79.1 Å². The van der Waals surface area contributed by atoms with Crippen LogP contribution in [0.1, 0.15) is 79.1 Å². The fraction of sp³-hybridized carbons (Fsp3) is 0.842. The molecule has 0 radical (unpaired) electrons. The molecule has 0 amide bonds. The predicted octanol–water partition coefficient (Wildman–Crippen LogP) is 5.13. The summed E-state index contributed by atoms with van der Waals surface area (Å²) < 4.78 is 0. The summed E-state index contributed by atoms with van der Waals surface area (Å²) in [5.41, 5.74) is 0. The molecule has 0 spiro atoms. The predicted molar refractivity (Wildman–Crippen MR) is 103 cm³/mol. The lowest BCUT2D eigenvalue weighted by Crippen LogP contribution is -2.18. The summed E-state index contributed by atoms with van der Waals surface area (Å²) in [6.07, 6.45) is 11.6. The number of unbranched alkanes of at least 4 members (excludes halogenated alkanes) is 2. The van der Waals surface area contributed by atoms with E-state index in [0.717, 1.165) is 13.1 Å². The quantitative estimate of drug-likeness (QED) is 0.493. The maximum Gasteiger partial charge on any atom is 0.227 e. The van der Waals surface area contributed by atoms with E-state index >= 15 is 0 Å². The van der Waals surface area contributed by atoms with Gasteiger partial charge in [-0.3, -0.25) is 0 Å². The highest BCUT2D eigenvalue weighted by molar-refractivity contribution is 5.32. The molecular formula is C19H37N5. The van der Waals surface area contributed by atoms with Crippen molar-refractivity contribution >= 4 is 11.9 Å². The highest BCUT2D eigenvalue weighted by Crippen LogP contribution is 2.15. The van der Waals surface area contributed by atoms with Gasteiger partial charge >= 0.3 is 0 Å². The molecule has 2 unspecified atom stereocenters. The minimum absolute atomic E-state index is 0.684. The zero-order valence-electron chi connectivity index (χ0n) is 16.1. The van der Waals surface area contributed by atoms with E-state index in [1.807, 2.05) is 0 Å². The fourth-order valence-electron chi connectivity index (χ4n) is 2.82. The molecule has 0 aliphatic heterocycles. The number of nitrogens with zero attached hydrogens (tertiary/aromatic N) is 3. The lowest BCUT2D eigenvalue weighted by atomic mass is 9.99. The van der Waals surface area contributed by atoms with Gasteiger partial charge in [0, 0.05) is 13.1 Å². The van der Waals surface area contributed by atoms with Crippen molar-refractivity contribution in [2.24, 2.45) is 11.8 Å². The van der Waals surface area contributed by atoms with Crippen LogP contribution in [0.2, 0.25) is 0 Å². The smallest absolute Gasteiger partial charge is 0.227 e. The van der Waals surface area contributed by atoms with Gasteiger partial charge in [0.2, 0.25) is 11.9 Å². The van der Waals surface area contributed by atoms with E-state index in [2.05, 4.69) is 53.3 Å². The lowest BCUT2D eigenvalue weighted by molar-refractivity contribution is 0.470. The molecule has 0 saturated carbocycles. The first kappa shape index (κ1) is 20.7. The highest BCUT2D eigenvalue weighted by atomic mass is 15.2. The van der Waals surface area contributed by atoms with Gasteiger partial charge in [-0.25, -0.2) is 9.97 Å². The van der Waals surface area contributed by atoms with E-state index in [4.69, 9.17) is 0 Å². The molecule has 5 nitrogen and oxygen atoms in total. The lowest BCUT2D eigenvalue weighted by Gasteiger charge is -2.16. The van der Waals surface area contributed by atoms with E-state index < -0.39 is 0 Å². The average molecular weight is 336 g/mol. The van der Waals surface area contributed by atoms with Crippen molar-refractivity contribution in [3.63, 3.8) is 0 Å². The number of aromatic nitrogens is 3. The van der Waals surface area contributed by atoms with Gasteiger partial charge < -0.3 is 10.6 Å². The Labute approximate surface area is 148 Å². The third-order valence-electron chi connectivity index (χ3n) is 4.76. The average Bonchev–Trinajstić information content (AvgIpc) is 2.62. The Hall–Kier alpha value is -1.39. The largest absolute Gasteiger partial charge is 0.354 e. The monoisotopic (exact) mass is 335 g/mol. The summed E-state index contributed by atoms with van der Waals surface area (Å²) in [5, 5.41) is 6.76. The standard InChI is InChI=1S/C19H37N5/c1-5-9-11-16(7-3)13-20-18-22-15-23-19(24-18)21-14-17(8-4)12-10-6-2/h15-17H,5-14H2,1-4H3,(H2,20,21,22,23,24). The SMILES string of the molecule is CCCCC(CC)CNc1ncnc(NCC(CC)CCCC)n1. The number of rotatable bonds is 14. The summed E-state index contributed by atoms with van der Waals surface area (Å²) in [6.45, 7) is 10.9. The minimum Gasteiger partial charge on any atom is -0.354 e. The van der Waals surface area contributed by atoms with Crippen LogP contribution in [0.4, 0.5) is 11.9 Å². The molecule has 1 heterocycles. The van der Waals surface area contributed by atoms with Crippen LogP contribution in [0.5, 0.6) is 0 Å². The van der Waals surface area contributed by atoms with Crippen molar-refractivity contribution < 1.29 is 0 Å². The van der Waals surface area contributed by atoms with Crippen LogP contribution in [0, 0.1) is 11.8 Å². The normalized spacial score (nSPS) is 13.5. The topological polar surface area (TPSA) is 62.7 Å². The molecule has 2 atom stereocenters. The Morgan fingerprint density at radius 3 is 1.62 bits per heavy atom. The Morgan fingerprint density at radius 1 is 0.792 bits per heavy atom. The molecule has 1 rings (SSSR count). The first-order valence-corrected chi connectivity index (χ1v) is 9.90. The summed E-state index contributed by atoms with van der Waals surface area (Å²) in [4.78, 5) is 13.0. The van der Waals surface area contributed by atoms with Gasteiger partial charge in [0.05, 0.1) is 0 Å². The highest BCUT2D eigenvalue weighted by Gasteiger charge is 2.09. The van der Waals surface area contributed by atoms with Crippen molar-refractivity contribution in [1.29, 1.82) is 0 Å². The van der Waals surface area contributed by atoms with E-state index in [-0.39, 0.29) is 0 Å². The van der Waals surface area contributed by atoms with Gasteiger partial charge in [0.1, 0.15) is 6.33 Å². The van der Waals surface area contributed by atoms with Gasteiger partial charge in [0.15, 0.2) is 0 Å². The molecule has 5 heteroatoms. The van der Waals surface area contributed by atoms with Crippen LogP contribution in [-0.2, 0) is 0 Å². The van der Waals surface area contributed by atoms with E-state index in [1.54, 1.807) is 6.33 Å². The van der Waals surface area contributed by atoms with Crippen molar-refractivity contribution in [2.75, 3.05) is 23.7 Å². The number of nitrogens with one attached hydrogen (secondary N) is 2. The first-order chi connectivity index (χ1) is 11.7. The van der Waals surface area contributed by atoms with Gasteiger partial charge in [-0.1, -0.05) is 66.2 Å². The molecule has 0 bridgehead atoms. The number of hydrogen-bond acceptors (Lipinski definition) is 5. The van der Waals surface area contributed by atoms with Crippen LogP contribution in [-0.4, -0.2) is 28.0 Å². The number of anilines is 2. The molecule has 1 aromatic rings. The van der Waals surface area contributed by atoms with Crippen LogP contribution in [0.25, 0.3) is 0 Å². The van der Waals surface area contributed by atoms with E-state index in [0.29, 0.717) is 23.7 Å². The number of hydrogen-bond donors (Lipinski definition) is 2. The Kier molecular flexibility index (Phi) is 11.2. The fourth-order valence-corrected chi connectivity index (χ4v) is 2.82. The molecule has 2 N–H and O–H groups in total. The summed E-state index contributed by atoms with van der Waals surface area (Å²) >= 11 is 0. The van der Waals surface area contributed by atoms with Gasteiger partial charge in [-0.05, 0) is 24.7 Å². The molecule has 0 saturated heterocycles. The zero-order valence-corrected chi connectivity index (χ0v) is 16.1. The second-order valence-electron chi connectivity index (χ2n) is 6.73. The Bertz CT molecular complexity index is 389. The zero-order chi connectivity index (χ0) is 17.6. The first-order valence-electron chi connectivity index (χ1n) is 9.90. The third kappa shape index (κ3) is 8.46. The van der Waals surface area contributed by atoms with Gasteiger partial charge in [-0.15, -0.1) is 0 Å². The molecule has 0 aliphatic carbocycles. The summed E-state index contributed by atoms with van der Waals surface area (Å²) in [7, 11) is 0. The molecular weight excluding hydrogens is 298 g/mol. The molecule has 0 fully saturated rings. The molecule has 0 aromatic carbocycles. The van der Waals surface area contributed by atoms with E-state index in [1.165, 1.54) is 51.4 Å². The van der Waals surface area contributed by atoms with Crippen LogP contribution in [0.15, 0.2) is 6.33 Å². The van der Waals surface area contributed by atoms with Crippen LogP contribution in [0.3, 0.4) is 0 Å². The maximum atomic E-state index is 4.50. The molecule has 138 valence electrons. The molecule has 24 heavy (non-hydrogen) atoms. The van der Waals surface area contributed by atoms with Gasteiger partial charge in [-0.2, -0.15) is 4.98 Å². The molecule has 0 aliphatic rings.